The van der Waals surface area contributed by atoms with Crippen molar-refractivity contribution < 1.29 is 9.53 Å². The van der Waals surface area contributed by atoms with E-state index in [1.54, 1.807) is 0 Å². The zero-order valence-electron chi connectivity index (χ0n) is 10.2. The number of amides is 1. The molecular formula is C13H15BrClNO2. The van der Waals surface area contributed by atoms with Crippen LogP contribution < -0.4 is 0 Å². The van der Waals surface area contributed by atoms with E-state index in [0.717, 1.165) is 15.6 Å². The summed E-state index contributed by atoms with van der Waals surface area (Å²) < 4.78 is 6.42. The first-order valence-corrected chi connectivity index (χ1v) is 7.18. The highest BCUT2D eigenvalue weighted by molar-refractivity contribution is 9.10. The highest BCUT2D eigenvalue weighted by atomic mass is 79.9. The van der Waals surface area contributed by atoms with Gasteiger partial charge in [0.15, 0.2) is 0 Å². The maximum absolute atomic E-state index is 12.4. The number of rotatable bonds is 2. The van der Waals surface area contributed by atoms with E-state index in [0.29, 0.717) is 25.6 Å². The molecule has 0 aliphatic carbocycles. The quantitative estimate of drug-likeness (QED) is 0.780. The molecule has 0 radical (unpaired) electrons. The van der Waals surface area contributed by atoms with Gasteiger partial charge in [0.25, 0.3) is 5.91 Å². The molecule has 1 saturated heterocycles. The molecule has 1 amide bonds. The maximum Gasteiger partial charge on any atom is 0.254 e. The fourth-order valence-corrected chi connectivity index (χ4v) is 2.56. The Kier molecular flexibility index (Phi) is 4.65. The Morgan fingerprint density at radius 1 is 1.61 bits per heavy atom. The van der Waals surface area contributed by atoms with Gasteiger partial charge >= 0.3 is 0 Å². The van der Waals surface area contributed by atoms with Crippen LogP contribution in [-0.4, -0.2) is 42.5 Å². The standard InChI is InChI=1S/C13H15BrClNO2/c1-9-11(3-2-4-12(9)14)13(17)16-5-6-18-10(7-15)8-16/h2-4,10H,5-8H2,1H3. The van der Waals surface area contributed by atoms with Gasteiger partial charge in [0.2, 0.25) is 0 Å². The summed E-state index contributed by atoms with van der Waals surface area (Å²) in [5, 5.41) is 0. The number of hydrogen-bond acceptors (Lipinski definition) is 2. The van der Waals surface area contributed by atoms with Crippen molar-refractivity contribution in [2.75, 3.05) is 25.6 Å². The molecule has 1 aliphatic heterocycles. The third-order valence-corrected chi connectivity index (χ3v) is 4.30. The van der Waals surface area contributed by atoms with Gasteiger partial charge in [-0.25, -0.2) is 0 Å². The van der Waals surface area contributed by atoms with Crippen molar-refractivity contribution in [1.82, 2.24) is 4.90 Å². The van der Waals surface area contributed by atoms with Crippen molar-refractivity contribution in [1.29, 1.82) is 0 Å². The molecule has 0 saturated carbocycles. The van der Waals surface area contributed by atoms with E-state index in [9.17, 15) is 4.79 Å². The lowest BCUT2D eigenvalue weighted by Crippen LogP contribution is -2.46. The van der Waals surface area contributed by atoms with E-state index in [4.69, 9.17) is 16.3 Å². The van der Waals surface area contributed by atoms with Crippen LogP contribution in [-0.2, 0) is 4.74 Å². The molecule has 1 aromatic carbocycles. The molecule has 98 valence electrons. The molecule has 0 spiro atoms. The van der Waals surface area contributed by atoms with Crippen LogP contribution in [0.5, 0.6) is 0 Å². The van der Waals surface area contributed by atoms with E-state index >= 15 is 0 Å². The number of benzene rings is 1. The third-order valence-electron chi connectivity index (χ3n) is 3.10. The monoisotopic (exact) mass is 331 g/mol. The molecule has 0 aromatic heterocycles. The van der Waals surface area contributed by atoms with Gasteiger partial charge in [-0.2, -0.15) is 0 Å². The molecule has 2 rings (SSSR count). The molecular weight excluding hydrogens is 318 g/mol. The van der Waals surface area contributed by atoms with Crippen molar-refractivity contribution in [3.8, 4) is 0 Å². The number of alkyl halides is 1. The molecule has 1 heterocycles. The summed E-state index contributed by atoms with van der Waals surface area (Å²) in [6.07, 6.45) is -0.0585. The third kappa shape index (κ3) is 2.87. The van der Waals surface area contributed by atoms with E-state index < -0.39 is 0 Å². The van der Waals surface area contributed by atoms with Crippen molar-refractivity contribution in [2.24, 2.45) is 0 Å². The number of halogens is 2. The van der Waals surface area contributed by atoms with Crippen molar-refractivity contribution >= 4 is 33.4 Å². The zero-order valence-corrected chi connectivity index (χ0v) is 12.5. The summed E-state index contributed by atoms with van der Waals surface area (Å²) in [4.78, 5) is 14.3. The molecule has 0 bridgehead atoms. The molecule has 3 nitrogen and oxygen atoms in total. The lowest BCUT2D eigenvalue weighted by molar-refractivity contribution is -0.0108. The van der Waals surface area contributed by atoms with Gasteiger partial charge in [0, 0.05) is 23.1 Å². The average molecular weight is 333 g/mol. The van der Waals surface area contributed by atoms with Gasteiger partial charge in [0.1, 0.15) is 0 Å². The van der Waals surface area contributed by atoms with Crippen LogP contribution in [0.15, 0.2) is 22.7 Å². The molecule has 18 heavy (non-hydrogen) atoms. The summed E-state index contributed by atoms with van der Waals surface area (Å²) in [5.41, 5.74) is 1.70. The second-order valence-electron chi connectivity index (χ2n) is 4.31. The minimum absolute atomic E-state index is 0.0483. The fraction of sp³-hybridized carbons (Fsp3) is 0.462. The number of carbonyl (C=O) groups excluding carboxylic acids is 1. The summed E-state index contributed by atoms with van der Waals surface area (Å²) >= 11 is 9.23. The Bertz CT molecular complexity index is 453. The van der Waals surface area contributed by atoms with E-state index in [1.165, 1.54) is 0 Å². The van der Waals surface area contributed by atoms with Crippen molar-refractivity contribution in [3.63, 3.8) is 0 Å². The molecule has 1 aromatic rings. The van der Waals surface area contributed by atoms with E-state index in [-0.39, 0.29) is 12.0 Å². The topological polar surface area (TPSA) is 29.5 Å². The average Bonchev–Trinajstić information content (AvgIpc) is 2.41. The molecule has 1 atom stereocenters. The second kappa shape index (κ2) is 6.04. The van der Waals surface area contributed by atoms with Gasteiger partial charge in [-0.15, -0.1) is 11.6 Å². The summed E-state index contributed by atoms with van der Waals surface area (Å²) in [7, 11) is 0. The first-order valence-electron chi connectivity index (χ1n) is 5.85. The zero-order chi connectivity index (χ0) is 13.1. The minimum atomic E-state index is -0.0585. The SMILES string of the molecule is Cc1c(Br)cccc1C(=O)N1CCOC(CCl)C1. The van der Waals surface area contributed by atoms with Crippen LogP contribution in [0.25, 0.3) is 0 Å². The Morgan fingerprint density at radius 2 is 2.39 bits per heavy atom. The summed E-state index contributed by atoms with van der Waals surface area (Å²) in [5.74, 6) is 0.466. The van der Waals surface area contributed by atoms with Crippen molar-refractivity contribution in [3.05, 3.63) is 33.8 Å². The molecule has 1 aliphatic rings. The maximum atomic E-state index is 12.4. The van der Waals surface area contributed by atoms with Gasteiger partial charge in [-0.1, -0.05) is 22.0 Å². The number of morpholine rings is 1. The van der Waals surface area contributed by atoms with Gasteiger partial charge < -0.3 is 9.64 Å². The van der Waals surface area contributed by atoms with E-state index in [2.05, 4.69) is 15.9 Å². The fourth-order valence-electron chi connectivity index (χ4n) is 2.01. The molecule has 1 fully saturated rings. The predicted molar refractivity (Wildman–Crippen MR) is 75.2 cm³/mol. The Balaban J connectivity index is 2.18. The van der Waals surface area contributed by atoms with Crippen LogP contribution in [0.3, 0.4) is 0 Å². The Labute approximate surface area is 120 Å². The second-order valence-corrected chi connectivity index (χ2v) is 5.47. The lowest BCUT2D eigenvalue weighted by Gasteiger charge is -2.32. The largest absolute Gasteiger partial charge is 0.373 e. The first kappa shape index (κ1) is 13.8. The first-order chi connectivity index (χ1) is 8.63. The molecule has 1 unspecified atom stereocenters. The van der Waals surface area contributed by atoms with Crippen LogP contribution in [0, 0.1) is 6.92 Å². The van der Waals surface area contributed by atoms with Crippen LogP contribution in [0.2, 0.25) is 0 Å². The van der Waals surface area contributed by atoms with Crippen LogP contribution in [0.4, 0.5) is 0 Å². The number of hydrogen-bond donors (Lipinski definition) is 0. The predicted octanol–water partition coefficient (Wildman–Crippen LogP) is 2.84. The molecule has 0 N–H and O–H groups in total. The number of ether oxygens (including phenoxy) is 1. The number of carbonyl (C=O) groups is 1. The van der Waals surface area contributed by atoms with E-state index in [1.807, 2.05) is 30.0 Å². The van der Waals surface area contributed by atoms with Crippen molar-refractivity contribution in [2.45, 2.75) is 13.0 Å². The van der Waals surface area contributed by atoms with Gasteiger partial charge in [-0.05, 0) is 24.6 Å². The smallest absolute Gasteiger partial charge is 0.254 e. The Morgan fingerprint density at radius 3 is 3.11 bits per heavy atom. The minimum Gasteiger partial charge on any atom is -0.373 e. The Hall–Kier alpha value is -0.580. The highest BCUT2D eigenvalue weighted by Crippen LogP contribution is 2.21. The number of nitrogens with zero attached hydrogens (tertiary/aromatic N) is 1. The normalized spacial score (nSPS) is 19.9. The van der Waals surface area contributed by atoms with Gasteiger partial charge in [0.05, 0.1) is 18.6 Å². The summed E-state index contributed by atoms with van der Waals surface area (Å²) in [6.45, 7) is 3.68. The van der Waals surface area contributed by atoms with Gasteiger partial charge in [-0.3, -0.25) is 4.79 Å². The summed E-state index contributed by atoms with van der Waals surface area (Å²) in [6, 6.07) is 5.67. The van der Waals surface area contributed by atoms with Crippen LogP contribution in [0.1, 0.15) is 15.9 Å². The van der Waals surface area contributed by atoms with Crippen LogP contribution >= 0.6 is 27.5 Å². The lowest BCUT2D eigenvalue weighted by atomic mass is 10.1. The molecule has 5 heteroatoms. The highest BCUT2D eigenvalue weighted by Gasteiger charge is 2.25.